The Kier molecular flexibility index (Phi) is 8.03. The SMILES string of the molecule is O=C(NC(OC[C@@H]1CCCN2CCCC[C@H]12)C(Cl)(Cl)Cl)c1ccc([NH+]([O-])O)cc1. The highest BCUT2D eigenvalue weighted by atomic mass is 35.6. The summed E-state index contributed by atoms with van der Waals surface area (Å²) >= 11 is 18.2. The number of fused-ring (bicyclic) bond motifs is 1. The van der Waals surface area contributed by atoms with E-state index in [0.717, 1.165) is 32.4 Å². The minimum Gasteiger partial charge on any atom is -0.595 e. The number of alkyl halides is 3. The maximum atomic E-state index is 12.5. The number of carbonyl (C=O) groups is 1. The van der Waals surface area contributed by atoms with E-state index in [1.807, 2.05) is 0 Å². The second kappa shape index (κ2) is 10.1. The second-order valence-corrected chi connectivity index (χ2v) is 9.98. The van der Waals surface area contributed by atoms with Crippen LogP contribution in [0.2, 0.25) is 0 Å². The molecule has 0 aromatic heterocycles. The van der Waals surface area contributed by atoms with Crippen molar-refractivity contribution in [3.63, 3.8) is 0 Å². The minimum absolute atomic E-state index is 0.0880. The molecule has 7 nitrogen and oxygen atoms in total. The molecule has 3 rings (SSSR count). The van der Waals surface area contributed by atoms with Gasteiger partial charge in [-0.3, -0.25) is 4.79 Å². The number of ether oxygens (including phenoxy) is 1. The molecular formula is C19H26Cl3N3O4. The van der Waals surface area contributed by atoms with Gasteiger partial charge in [0.15, 0.2) is 11.9 Å². The molecule has 2 saturated heterocycles. The van der Waals surface area contributed by atoms with E-state index in [4.69, 9.17) is 44.7 Å². The number of benzene rings is 1. The van der Waals surface area contributed by atoms with Crippen molar-refractivity contribution in [2.45, 2.75) is 48.2 Å². The number of rotatable bonds is 6. The van der Waals surface area contributed by atoms with E-state index in [1.165, 1.54) is 37.1 Å². The summed E-state index contributed by atoms with van der Waals surface area (Å²) in [6, 6.07) is 6.00. The fourth-order valence-corrected chi connectivity index (χ4v) is 4.53. The highest BCUT2D eigenvalue weighted by Crippen LogP contribution is 2.34. The van der Waals surface area contributed by atoms with Gasteiger partial charge in [0.05, 0.1) is 6.61 Å². The van der Waals surface area contributed by atoms with Crippen LogP contribution in [0.3, 0.4) is 0 Å². The molecule has 1 aromatic carbocycles. The summed E-state index contributed by atoms with van der Waals surface area (Å²) in [6.07, 6.45) is 4.66. The van der Waals surface area contributed by atoms with Gasteiger partial charge in [-0.15, -0.1) is 0 Å². The van der Waals surface area contributed by atoms with E-state index >= 15 is 0 Å². The van der Waals surface area contributed by atoms with Crippen LogP contribution in [0.15, 0.2) is 24.3 Å². The van der Waals surface area contributed by atoms with Crippen molar-refractivity contribution >= 4 is 46.4 Å². The molecule has 0 bridgehead atoms. The predicted octanol–water partition coefficient (Wildman–Crippen LogP) is 2.80. The first kappa shape index (κ1) is 23.0. The van der Waals surface area contributed by atoms with Crippen LogP contribution in [0, 0.1) is 11.1 Å². The Balaban J connectivity index is 1.61. The molecule has 0 radical (unpaired) electrons. The number of piperidine rings is 2. The summed E-state index contributed by atoms with van der Waals surface area (Å²) in [5.41, 5.74) is 0.346. The molecule has 2 heterocycles. The standard InChI is InChI=1S/C19H26Cl3N3O4/c20-19(21,22)18(23-17(26)13-6-8-15(9-7-13)25(27)28)29-12-14-4-3-11-24-10-2-1-5-16(14)24/h6-9,14,16,18,25,27H,1-5,10-12H2,(H,23,26)/t14-,16+,18?/m0/s1. The third-order valence-corrected chi connectivity index (χ3v) is 6.25. The van der Waals surface area contributed by atoms with Gasteiger partial charge in [0, 0.05) is 23.7 Å². The largest absolute Gasteiger partial charge is 0.595 e. The van der Waals surface area contributed by atoms with Gasteiger partial charge in [0.25, 0.3) is 5.91 Å². The van der Waals surface area contributed by atoms with E-state index in [0.29, 0.717) is 18.6 Å². The third kappa shape index (κ3) is 6.18. The van der Waals surface area contributed by atoms with Crippen molar-refractivity contribution in [2.24, 2.45) is 5.92 Å². The van der Waals surface area contributed by atoms with Crippen molar-refractivity contribution in [1.82, 2.24) is 10.2 Å². The molecule has 0 spiro atoms. The van der Waals surface area contributed by atoms with Gasteiger partial charge in [-0.1, -0.05) is 41.2 Å². The minimum atomic E-state index is -1.84. The first-order chi connectivity index (χ1) is 13.8. The van der Waals surface area contributed by atoms with Crippen molar-refractivity contribution < 1.29 is 20.0 Å². The number of hydrogen-bond donors (Lipinski definition) is 3. The van der Waals surface area contributed by atoms with Gasteiger partial charge < -0.3 is 20.2 Å². The topological polar surface area (TPSA) is 89.3 Å². The van der Waals surface area contributed by atoms with Gasteiger partial charge in [0.2, 0.25) is 3.79 Å². The third-order valence-electron chi connectivity index (χ3n) is 5.66. The molecule has 1 amide bonds. The monoisotopic (exact) mass is 465 g/mol. The van der Waals surface area contributed by atoms with Crippen LogP contribution in [0.4, 0.5) is 5.69 Å². The fraction of sp³-hybridized carbons (Fsp3) is 0.632. The molecule has 2 aliphatic heterocycles. The Labute approximate surface area is 185 Å². The molecule has 10 heteroatoms. The summed E-state index contributed by atoms with van der Waals surface area (Å²) < 4.78 is 4.06. The smallest absolute Gasteiger partial charge is 0.253 e. The number of amides is 1. The molecule has 0 aliphatic carbocycles. The first-order valence-electron chi connectivity index (χ1n) is 9.82. The fourth-order valence-electron chi connectivity index (χ4n) is 4.18. The molecule has 0 saturated carbocycles. The highest BCUT2D eigenvalue weighted by molar-refractivity contribution is 6.68. The lowest BCUT2D eigenvalue weighted by atomic mass is 9.84. The Hall–Kier alpha value is -0.640. The molecule has 3 N–H and O–H groups in total. The summed E-state index contributed by atoms with van der Waals surface area (Å²) in [5.74, 6) is -0.160. The average molecular weight is 467 g/mol. The van der Waals surface area contributed by atoms with E-state index < -0.39 is 21.2 Å². The predicted molar refractivity (Wildman–Crippen MR) is 112 cm³/mol. The molecule has 1 aromatic rings. The zero-order chi connectivity index (χ0) is 21.0. The highest BCUT2D eigenvalue weighted by Gasteiger charge is 2.38. The summed E-state index contributed by atoms with van der Waals surface area (Å²) in [7, 11) is 0. The Morgan fingerprint density at radius 1 is 1.24 bits per heavy atom. The molecule has 2 fully saturated rings. The van der Waals surface area contributed by atoms with E-state index in [2.05, 4.69) is 10.2 Å². The summed E-state index contributed by atoms with van der Waals surface area (Å²) in [6.45, 7) is 2.65. The summed E-state index contributed by atoms with van der Waals surface area (Å²) in [5, 5.41) is 21.5. The van der Waals surface area contributed by atoms with Crippen molar-refractivity contribution in [1.29, 1.82) is 0 Å². The molecule has 162 valence electrons. The number of hydrogen-bond acceptors (Lipinski definition) is 5. The zero-order valence-corrected chi connectivity index (χ0v) is 18.2. The molecule has 2 unspecified atom stereocenters. The van der Waals surface area contributed by atoms with Gasteiger partial charge in [-0.25, -0.2) is 5.21 Å². The van der Waals surface area contributed by atoms with Crippen molar-refractivity contribution in [3.05, 3.63) is 35.0 Å². The number of nitrogens with zero attached hydrogens (tertiary/aromatic N) is 1. The number of nitrogens with one attached hydrogen (secondary N) is 2. The van der Waals surface area contributed by atoms with E-state index in [9.17, 15) is 10.0 Å². The van der Waals surface area contributed by atoms with Gasteiger partial charge in [-0.2, -0.15) is 5.23 Å². The van der Waals surface area contributed by atoms with Gasteiger partial charge in [-0.05, 0) is 56.8 Å². The van der Waals surface area contributed by atoms with Crippen LogP contribution in [0.25, 0.3) is 0 Å². The van der Waals surface area contributed by atoms with Crippen LogP contribution < -0.4 is 10.5 Å². The zero-order valence-electron chi connectivity index (χ0n) is 16.0. The van der Waals surface area contributed by atoms with Crippen molar-refractivity contribution in [2.75, 3.05) is 19.7 Å². The lowest BCUT2D eigenvalue weighted by molar-refractivity contribution is -0.991. The second-order valence-electron chi connectivity index (χ2n) is 7.61. The van der Waals surface area contributed by atoms with Crippen LogP contribution >= 0.6 is 34.8 Å². The van der Waals surface area contributed by atoms with Crippen LogP contribution in [0.5, 0.6) is 0 Å². The number of quaternary nitrogens is 1. The van der Waals surface area contributed by atoms with Crippen LogP contribution in [-0.2, 0) is 4.74 Å². The molecule has 4 atom stereocenters. The van der Waals surface area contributed by atoms with Crippen LogP contribution in [0.1, 0.15) is 42.5 Å². The van der Waals surface area contributed by atoms with E-state index in [-0.39, 0.29) is 11.3 Å². The lowest BCUT2D eigenvalue weighted by Crippen LogP contribution is -2.99. The van der Waals surface area contributed by atoms with E-state index in [1.54, 1.807) is 0 Å². The van der Waals surface area contributed by atoms with Crippen molar-refractivity contribution in [3.8, 4) is 0 Å². The normalized spacial score (nSPS) is 25.1. The molecule has 29 heavy (non-hydrogen) atoms. The number of halogens is 3. The lowest BCUT2D eigenvalue weighted by Gasteiger charge is -2.44. The summed E-state index contributed by atoms with van der Waals surface area (Å²) in [4.78, 5) is 15.1. The van der Waals surface area contributed by atoms with Gasteiger partial charge in [0.1, 0.15) is 0 Å². The van der Waals surface area contributed by atoms with Gasteiger partial charge >= 0.3 is 0 Å². The maximum Gasteiger partial charge on any atom is 0.253 e. The Bertz CT molecular complexity index is 682. The Morgan fingerprint density at radius 2 is 1.93 bits per heavy atom. The number of carbonyl (C=O) groups excluding carboxylic acids is 1. The first-order valence-corrected chi connectivity index (χ1v) is 11.0. The molecular weight excluding hydrogens is 441 g/mol. The van der Waals surface area contributed by atoms with Crippen LogP contribution in [-0.4, -0.2) is 51.8 Å². The maximum absolute atomic E-state index is 12.5. The Morgan fingerprint density at radius 3 is 2.59 bits per heavy atom. The average Bonchev–Trinajstić information content (AvgIpc) is 2.70. The molecule has 2 aliphatic rings. The quantitative estimate of drug-likeness (QED) is 0.341.